The third kappa shape index (κ3) is 5.47. The number of hydrogen-bond acceptors (Lipinski definition) is 4. The van der Waals surface area contributed by atoms with Crippen LogP contribution in [0.25, 0.3) is 0 Å². The second-order valence-corrected chi connectivity index (χ2v) is 5.00. The van der Waals surface area contributed by atoms with Gasteiger partial charge in [0, 0.05) is 32.8 Å². The van der Waals surface area contributed by atoms with E-state index in [-0.39, 0.29) is 5.91 Å². The number of carbonyl (C=O) groups is 1. The number of methoxy groups -OCH3 is 1. The van der Waals surface area contributed by atoms with Gasteiger partial charge in [-0.15, -0.1) is 0 Å². The quantitative estimate of drug-likeness (QED) is 0.655. The zero-order valence-electron chi connectivity index (χ0n) is 12.7. The molecule has 0 aromatic heterocycles. The van der Waals surface area contributed by atoms with Gasteiger partial charge in [-0.2, -0.15) is 0 Å². The lowest BCUT2D eigenvalue weighted by Gasteiger charge is -2.37. The number of amides is 1. The van der Waals surface area contributed by atoms with Gasteiger partial charge in [-0.05, 0) is 25.9 Å². The van der Waals surface area contributed by atoms with Gasteiger partial charge >= 0.3 is 0 Å². The van der Waals surface area contributed by atoms with E-state index in [2.05, 4.69) is 24.1 Å². The van der Waals surface area contributed by atoms with Crippen molar-refractivity contribution in [3.63, 3.8) is 0 Å². The predicted octanol–water partition coefficient (Wildman–Crippen LogP) is 0.555. The minimum absolute atomic E-state index is 0.217. The maximum absolute atomic E-state index is 12.0. The summed E-state index contributed by atoms with van der Waals surface area (Å²) in [6.07, 6.45) is 2.21. The molecule has 1 rings (SSSR count). The molecule has 1 heterocycles. The van der Waals surface area contributed by atoms with Crippen molar-refractivity contribution in [2.24, 2.45) is 0 Å². The molecule has 0 aliphatic carbocycles. The Balaban J connectivity index is 2.23. The van der Waals surface area contributed by atoms with Crippen LogP contribution in [-0.2, 0) is 9.53 Å². The molecule has 1 fully saturated rings. The molecular formula is C14H29N3O2. The Kier molecular flexibility index (Phi) is 8.02. The Morgan fingerprint density at radius 2 is 1.95 bits per heavy atom. The van der Waals surface area contributed by atoms with Gasteiger partial charge < -0.3 is 19.9 Å². The molecule has 1 saturated heterocycles. The topological polar surface area (TPSA) is 44.8 Å². The smallest absolute Gasteiger partial charge is 0.236 e. The SMILES string of the molecule is CCN(CC)C1CCN(C(=O)CNCCOC)CC1. The zero-order chi connectivity index (χ0) is 14.1. The molecular weight excluding hydrogens is 242 g/mol. The number of hydrogen-bond donors (Lipinski definition) is 1. The lowest BCUT2D eigenvalue weighted by molar-refractivity contribution is -0.131. The summed E-state index contributed by atoms with van der Waals surface area (Å²) < 4.78 is 4.94. The van der Waals surface area contributed by atoms with Crippen LogP contribution >= 0.6 is 0 Å². The predicted molar refractivity (Wildman–Crippen MR) is 77.3 cm³/mol. The molecule has 0 aromatic carbocycles. The van der Waals surface area contributed by atoms with Crippen LogP contribution < -0.4 is 5.32 Å². The summed E-state index contributed by atoms with van der Waals surface area (Å²) in [7, 11) is 1.67. The van der Waals surface area contributed by atoms with E-state index in [0.29, 0.717) is 19.2 Å². The van der Waals surface area contributed by atoms with Crippen molar-refractivity contribution >= 4 is 5.91 Å². The molecule has 0 atom stereocenters. The highest BCUT2D eigenvalue weighted by Gasteiger charge is 2.25. The first-order chi connectivity index (χ1) is 9.22. The number of nitrogens with one attached hydrogen (secondary N) is 1. The molecule has 1 N–H and O–H groups in total. The molecule has 0 unspecified atom stereocenters. The van der Waals surface area contributed by atoms with Crippen molar-refractivity contribution in [2.45, 2.75) is 32.7 Å². The summed E-state index contributed by atoms with van der Waals surface area (Å²) in [4.78, 5) is 16.5. The van der Waals surface area contributed by atoms with Gasteiger partial charge in [-0.1, -0.05) is 13.8 Å². The lowest BCUT2D eigenvalue weighted by Crippen LogP contribution is -2.48. The number of nitrogens with zero attached hydrogens (tertiary/aromatic N) is 2. The fourth-order valence-electron chi connectivity index (χ4n) is 2.70. The lowest BCUT2D eigenvalue weighted by atomic mass is 10.0. The Morgan fingerprint density at radius 3 is 2.47 bits per heavy atom. The first kappa shape index (κ1) is 16.4. The summed E-state index contributed by atoms with van der Waals surface area (Å²) >= 11 is 0. The molecule has 5 heteroatoms. The molecule has 5 nitrogen and oxygen atoms in total. The van der Waals surface area contributed by atoms with Gasteiger partial charge in [0.15, 0.2) is 0 Å². The third-order valence-corrected chi connectivity index (χ3v) is 3.91. The van der Waals surface area contributed by atoms with Crippen LogP contribution in [0.4, 0.5) is 0 Å². The van der Waals surface area contributed by atoms with E-state index >= 15 is 0 Å². The summed E-state index contributed by atoms with van der Waals surface area (Å²) in [5.41, 5.74) is 0. The largest absolute Gasteiger partial charge is 0.383 e. The molecule has 1 aliphatic heterocycles. The van der Waals surface area contributed by atoms with Crippen molar-refractivity contribution in [1.29, 1.82) is 0 Å². The van der Waals surface area contributed by atoms with E-state index < -0.39 is 0 Å². The van der Waals surface area contributed by atoms with Crippen LogP contribution in [-0.4, -0.2) is 74.7 Å². The Bertz CT molecular complexity index is 249. The molecule has 0 aromatic rings. The van der Waals surface area contributed by atoms with Gasteiger partial charge in [0.2, 0.25) is 5.91 Å². The standard InChI is InChI=1S/C14H29N3O2/c1-4-16(5-2)13-6-9-17(10-7-13)14(18)12-15-8-11-19-3/h13,15H,4-12H2,1-3H3. The van der Waals surface area contributed by atoms with E-state index in [1.54, 1.807) is 7.11 Å². The fourth-order valence-corrected chi connectivity index (χ4v) is 2.70. The molecule has 0 spiro atoms. The van der Waals surface area contributed by atoms with Crippen LogP contribution in [0.15, 0.2) is 0 Å². The highest BCUT2D eigenvalue weighted by atomic mass is 16.5. The summed E-state index contributed by atoms with van der Waals surface area (Å²) in [6, 6.07) is 0.653. The first-order valence-electron chi connectivity index (χ1n) is 7.44. The zero-order valence-corrected chi connectivity index (χ0v) is 12.7. The second kappa shape index (κ2) is 9.28. The van der Waals surface area contributed by atoms with Gasteiger partial charge in [-0.3, -0.25) is 4.79 Å². The number of ether oxygens (including phenoxy) is 1. The molecule has 112 valence electrons. The van der Waals surface area contributed by atoms with E-state index in [0.717, 1.165) is 45.6 Å². The molecule has 0 saturated carbocycles. The third-order valence-electron chi connectivity index (χ3n) is 3.91. The van der Waals surface area contributed by atoms with Gasteiger partial charge in [0.25, 0.3) is 0 Å². The maximum Gasteiger partial charge on any atom is 0.236 e. The van der Waals surface area contributed by atoms with Gasteiger partial charge in [-0.25, -0.2) is 0 Å². The van der Waals surface area contributed by atoms with E-state index in [1.807, 2.05) is 4.90 Å². The van der Waals surface area contributed by atoms with Crippen LogP contribution in [0.5, 0.6) is 0 Å². The van der Waals surface area contributed by atoms with Crippen molar-refractivity contribution in [1.82, 2.24) is 15.1 Å². The molecule has 1 amide bonds. The highest BCUT2D eigenvalue weighted by Crippen LogP contribution is 2.16. The maximum atomic E-state index is 12.0. The van der Waals surface area contributed by atoms with Crippen LogP contribution in [0.2, 0.25) is 0 Å². The average molecular weight is 271 g/mol. The van der Waals surface area contributed by atoms with E-state index in [4.69, 9.17) is 4.74 Å². The number of carbonyl (C=O) groups excluding carboxylic acids is 1. The van der Waals surface area contributed by atoms with E-state index in [1.165, 1.54) is 0 Å². The van der Waals surface area contributed by atoms with Crippen LogP contribution in [0, 0.1) is 0 Å². The molecule has 0 bridgehead atoms. The Labute approximate surface area is 117 Å². The van der Waals surface area contributed by atoms with Crippen molar-refractivity contribution in [2.75, 3.05) is 53.0 Å². The van der Waals surface area contributed by atoms with Crippen molar-refractivity contribution < 1.29 is 9.53 Å². The van der Waals surface area contributed by atoms with Crippen LogP contribution in [0.1, 0.15) is 26.7 Å². The minimum atomic E-state index is 0.217. The van der Waals surface area contributed by atoms with Gasteiger partial charge in [0.1, 0.15) is 0 Å². The highest BCUT2D eigenvalue weighted by molar-refractivity contribution is 5.78. The van der Waals surface area contributed by atoms with E-state index in [9.17, 15) is 4.79 Å². The Hall–Kier alpha value is -0.650. The van der Waals surface area contributed by atoms with Crippen molar-refractivity contribution in [3.05, 3.63) is 0 Å². The summed E-state index contributed by atoms with van der Waals surface area (Å²) in [5.74, 6) is 0.217. The second-order valence-electron chi connectivity index (χ2n) is 5.00. The average Bonchev–Trinajstić information content (AvgIpc) is 2.45. The van der Waals surface area contributed by atoms with Crippen molar-refractivity contribution in [3.8, 4) is 0 Å². The normalized spacial score (nSPS) is 17.2. The number of likely N-dealkylation sites (tertiary alicyclic amines) is 1. The number of piperidine rings is 1. The fraction of sp³-hybridized carbons (Fsp3) is 0.929. The molecule has 1 aliphatic rings. The van der Waals surface area contributed by atoms with Gasteiger partial charge in [0.05, 0.1) is 13.2 Å². The molecule has 19 heavy (non-hydrogen) atoms. The summed E-state index contributed by atoms with van der Waals surface area (Å²) in [5, 5.41) is 3.11. The number of rotatable bonds is 8. The molecule has 0 radical (unpaired) electrons. The Morgan fingerprint density at radius 1 is 1.32 bits per heavy atom. The first-order valence-corrected chi connectivity index (χ1v) is 7.44. The van der Waals surface area contributed by atoms with Crippen LogP contribution in [0.3, 0.4) is 0 Å². The minimum Gasteiger partial charge on any atom is -0.383 e. The summed E-state index contributed by atoms with van der Waals surface area (Å²) in [6.45, 7) is 10.2. The monoisotopic (exact) mass is 271 g/mol.